The van der Waals surface area contributed by atoms with E-state index in [-0.39, 0.29) is 18.4 Å². The Kier molecular flexibility index (Phi) is 2.53. The molecule has 0 saturated heterocycles. The van der Waals surface area contributed by atoms with E-state index in [4.69, 9.17) is 18.6 Å². The smallest absolute Gasteiger partial charge is 0.363 e. The molecule has 0 radical (unpaired) electrons. The number of carbonyl (C=O) groups is 1. The average Bonchev–Trinajstić information content (AvgIpc) is 3.20. The number of ether oxygens (including phenoxy) is 3. The van der Waals surface area contributed by atoms with Gasteiger partial charge in [0.05, 0.1) is 6.26 Å². The summed E-state index contributed by atoms with van der Waals surface area (Å²) in [7, 11) is 0. The van der Waals surface area contributed by atoms with Gasteiger partial charge in [0.2, 0.25) is 6.79 Å². The number of benzene rings is 1. The summed E-state index contributed by atoms with van der Waals surface area (Å²) in [5.41, 5.74) is 0.982. The Hall–Kier alpha value is -3.02. The normalized spacial score (nSPS) is 18.0. The molecular formula is C15H9NO5. The molecule has 2 aliphatic heterocycles. The van der Waals surface area contributed by atoms with Crippen molar-refractivity contribution in [3.05, 3.63) is 53.6 Å². The Morgan fingerprint density at radius 1 is 1.14 bits per heavy atom. The van der Waals surface area contributed by atoms with Gasteiger partial charge in [0, 0.05) is 0 Å². The van der Waals surface area contributed by atoms with Crippen LogP contribution in [-0.4, -0.2) is 18.7 Å². The third-order valence-corrected chi connectivity index (χ3v) is 3.05. The number of fused-ring (bicyclic) bond motifs is 1. The maximum Gasteiger partial charge on any atom is 0.363 e. The predicted molar refractivity (Wildman–Crippen MR) is 71.9 cm³/mol. The highest BCUT2D eigenvalue weighted by molar-refractivity contribution is 6.11. The first-order chi connectivity index (χ1) is 10.3. The van der Waals surface area contributed by atoms with Crippen molar-refractivity contribution in [3.63, 3.8) is 0 Å². The van der Waals surface area contributed by atoms with Crippen molar-refractivity contribution in [2.24, 2.45) is 4.99 Å². The molecule has 0 amide bonds. The molecule has 1 aromatic carbocycles. The number of aliphatic imine (C=N–C) groups is 1. The number of hydrogen-bond acceptors (Lipinski definition) is 6. The van der Waals surface area contributed by atoms with Crippen LogP contribution in [0.2, 0.25) is 0 Å². The summed E-state index contributed by atoms with van der Waals surface area (Å²) in [5, 5.41) is 0. The molecule has 104 valence electrons. The lowest BCUT2D eigenvalue weighted by atomic mass is 10.1. The van der Waals surface area contributed by atoms with Crippen molar-refractivity contribution in [3.8, 4) is 11.5 Å². The lowest BCUT2D eigenvalue weighted by Crippen LogP contribution is -2.04. The predicted octanol–water partition coefficient (Wildman–Crippen LogP) is 2.35. The highest BCUT2D eigenvalue weighted by Gasteiger charge is 2.26. The van der Waals surface area contributed by atoms with Gasteiger partial charge in [-0.25, -0.2) is 9.79 Å². The minimum Gasteiger partial charge on any atom is -0.459 e. The molecule has 4 rings (SSSR count). The quantitative estimate of drug-likeness (QED) is 0.625. The molecule has 0 spiro atoms. The first-order valence-electron chi connectivity index (χ1n) is 6.26. The monoisotopic (exact) mass is 283 g/mol. The van der Waals surface area contributed by atoms with Crippen LogP contribution >= 0.6 is 0 Å². The minimum absolute atomic E-state index is 0.164. The van der Waals surface area contributed by atoms with Gasteiger partial charge in [-0.05, 0) is 35.9 Å². The maximum atomic E-state index is 11.8. The van der Waals surface area contributed by atoms with E-state index in [1.54, 1.807) is 30.3 Å². The fourth-order valence-corrected chi connectivity index (χ4v) is 2.08. The minimum atomic E-state index is -0.515. The molecule has 1 aromatic heterocycles. The summed E-state index contributed by atoms with van der Waals surface area (Å²) in [6.45, 7) is 0.207. The molecule has 2 aliphatic rings. The van der Waals surface area contributed by atoms with Gasteiger partial charge in [-0.3, -0.25) is 0 Å². The van der Waals surface area contributed by atoms with Crippen LogP contribution in [0, 0.1) is 0 Å². The largest absolute Gasteiger partial charge is 0.459 e. The SMILES string of the molecule is O=C1OC(c2ccco2)=N/C1=C/c1ccc2c(c1)OCO2. The van der Waals surface area contributed by atoms with Crippen LogP contribution in [0.4, 0.5) is 0 Å². The average molecular weight is 283 g/mol. The number of nitrogens with zero attached hydrogens (tertiary/aromatic N) is 1. The van der Waals surface area contributed by atoms with Gasteiger partial charge >= 0.3 is 5.97 Å². The van der Waals surface area contributed by atoms with E-state index in [0.29, 0.717) is 17.3 Å². The van der Waals surface area contributed by atoms with Gasteiger partial charge in [-0.1, -0.05) is 6.07 Å². The summed E-state index contributed by atoms with van der Waals surface area (Å²) in [6, 6.07) is 8.75. The van der Waals surface area contributed by atoms with Crippen LogP contribution in [0.1, 0.15) is 11.3 Å². The molecule has 0 bridgehead atoms. The standard InChI is InChI=1S/C15H9NO5/c17-15-10(16-14(21-15)12-2-1-5-18-12)6-9-3-4-11-13(7-9)20-8-19-11/h1-7H,8H2/b10-6+. The van der Waals surface area contributed by atoms with E-state index in [0.717, 1.165) is 5.56 Å². The van der Waals surface area contributed by atoms with Gasteiger partial charge in [0.15, 0.2) is 23.0 Å². The fraction of sp³-hybridized carbons (Fsp3) is 0.0667. The number of carbonyl (C=O) groups excluding carboxylic acids is 1. The van der Waals surface area contributed by atoms with E-state index in [1.807, 2.05) is 6.07 Å². The highest BCUT2D eigenvalue weighted by Crippen LogP contribution is 2.33. The second-order valence-corrected chi connectivity index (χ2v) is 4.43. The molecular weight excluding hydrogens is 274 g/mol. The van der Waals surface area contributed by atoms with Crippen LogP contribution in [0.3, 0.4) is 0 Å². The highest BCUT2D eigenvalue weighted by atomic mass is 16.7. The van der Waals surface area contributed by atoms with E-state index >= 15 is 0 Å². The van der Waals surface area contributed by atoms with Gasteiger partial charge < -0.3 is 18.6 Å². The Morgan fingerprint density at radius 3 is 2.90 bits per heavy atom. The number of cyclic esters (lactones) is 1. The number of esters is 1. The third-order valence-electron chi connectivity index (χ3n) is 3.05. The third kappa shape index (κ3) is 2.06. The van der Waals surface area contributed by atoms with Crippen molar-refractivity contribution in [1.82, 2.24) is 0 Å². The summed E-state index contributed by atoms with van der Waals surface area (Å²) < 4.78 is 20.8. The van der Waals surface area contributed by atoms with E-state index in [1.165, 1.54) is 6.26 Å². The topological polar surface area (TPSA) is 70.3 Å². The first kappa shape index (κ1) is 11.8. The molecule has 0 saturated carbocycles. The zero-order valence-corrected chi connectivity index (χ0v) is 10.7. The summed E-state index contributed by atoms with van der Waals surface area (Å²) in [4.78, 5) is 16.0. The van der Waals surface area contributed by atoms with E-state index < -0.39 is 5.97 Å². The molecule has 2 aromatic rings. The van der Waals surface area contributed by atoms with E-state index in [9.17, 15) is 4.79 Å². The van der Waals surface area contributed by atoms with Gasteiger partial charge in [0.1, 0.15) is 0 Å². The zero-order valence-electron chi connectivity index (χ0n) is 10.7. The summed E-state index contributed by atoms with van der Waals surface area (Å²) in [5.74, 6) is 1.39. The number of rotatable bonds is 2. The molecule has 0 aliphatic carbocycles. The lowest BCUT2D eigenvalue weighted by molar-refractivity contribution is -0.130. The van der Waals surface area contributed by atoms with Crippen LogP contribution in [-0.2, 0) is 9.53 Å². The van der Waals surface area contributed by atoms with E-state index in [2.05, 4.69) is 4.99 Å². The molecule has 6 heteroatoms. The van der Waals surface area contributed by atoms with Crippen LogP contribution in [0.15, 0.2) is 51.7 Å². The molecule has 0 N–H and O–H groups in total. The van der Waals surface area contributed by atoms with Crippen LogP contribution in [0.5, 0.6) is 11.5 Å². The van der Waals surface area contributed by atoms with Crippen LogP contribution < -0.4 is 9.47 Å². The second kappa shape index (κ2) is 4.52. The molecule has 0 unspecified atom stereocenters. The molecule has 6 nitrogen and oxygen atoms in total. The Morgan fingerprint density at radius 2 is 2.05 bits per heavy atom. The lowest BCUT2D eigenvalue weighted by Gasteiger charge is -1.97. The maximum absolute atomic E-state index is 11.8. The Labute approximate surface area is 119 Å². The van der Waals surface area contributed by atoms with Crippen molar-refractivity contribution in [1.29, 1.82) is 0 Å². The van der Waals surface area contributed by atoms with Crippen LogP contribution in [0.25, 0.3) is 6.08 Å². The molecule has 21 heavy (non-hydrogen) atoms. The van der Waals surface area contributed by atoms with Crippen molar-refractivity contribution >= 4 is 17.9 Å². The zero-order chi connectivity index (χ0) is 14.2. The fourth-order valence-electron chi connectivity index (χ4n) is 2.08. The molecule has 0 fully saturated rings. The Bertz CT molecular complexity index is 773. The summed E-state index contributed by atoms with van der Waals surface area (Å²) >= 11 is 0. The Balaban J connectivity index is 1.68. The van der Waals surface area contributed by atoms with Crippen molar-refractivity contribution < 1.29 is 23.4 Å². The number of furan rings is 1. The second-order valence-electron chi connectivity index (χ2n) is 4.43. The number of hydrogen-bond donors (Lipinski definition) is 0. The van der Waals surface area contributed by atoms with Gasteiger partial charge in [-0.2, -0.15) is 0 Å². The van der Waals surface area contributed by atoms with Gasteiger partial charge in [-0.15, -0.1) is 0 Å². The summed E-state index contributed by atoms with van der Waals surface area (Å²) in [6.07, 6.45) is 3.12. The van der Waals surface area contributed by atoms with Crippen molar-refractivity contribution in [2.45, 2.75) is 0 Å². The van der Waals surface area contributed by atoms with Gasteiger partial charge in [0.25, 0.3) is 5.90 Å². The first-order valence-corrected chi connectivity index (χ1v) is 6.26. The van der Waals surface area contributed by atoms with Crippen molar-refractivity contribution in [2.75, 3.05) is 6.79 Å². The molecule has 3 heterocycles. The molecule has 0 atom stereocenters.